The Kier molecular flexibility index (Phi) is 5.80. The summed E-state index contributed by atoms with van der Waals surface area (Å²) in [5.41, 5.74) is 6.03. The average molecular weight is 289 g/mol. The lowest BCUT2D eigenvalue weighted by atomic mass is 9.82. The van der Waals surface area contributed by atoms with Gasteiger partial charge in [-0.15, -0.1) is 0 Å². The van der Waals surface area contributed by atoms with Crippen molar-refractivity contribution in [3.05, 3.63) is 35.4 Å². The van der Waals surface area contributed by atoms with Crippen molar-refractivity contribution < 1.29 is 0 Å². The van der Waals surface area contributed by atoms with Crippen LogP contribution >= 0.6 is 0 Å². The highest BCUT2D eigenvalue weighted by atomic mass is 15.3. The van der Waals surface area contributed by atoms with Gasteiger partial charge in [-0.3, -0.25) is 16.2 Å². The van der Waals surface area contributed by atoms with Gasteiger partial charge in [-0.1, -0.05) is 57.9 Å². The summed E-state index contributed by atoms with van der Waals surface area (Å²) in [6.45, 7) is 8.89. The Morgan fingerprint density at radius 2 is 1.67 bits per heavy atom. The van der Waals surface area contributed by atoms with Crippen molar-refractivity contribution in [1.82, 2.24) is 10.3 Å². The van der Waals surface area contributed by atoms with Gasteiger partial charge in [0.15, 0.2) is 0 Å². The van der Waals surface area contributed by atoms with E-state index < -0.39 is 0 Å². The molecule has 3 heteroatoms. The predicted octanol–water partition coefficient (Wildman–Crippen LogP) is 3.41. The number of rotatable bonds is 7. The zero-order valence-electron chi connectivity index (χ0n) is 13.9. The minimum absolute atomic E-state index is 0.173. The van der Waals surface area contributed by atoms with Crippen LogP contribution in [0, 0.1) is 0 Å². The van der Waals surface area contributed by atoms with E-state index in [1.165, 1.54) is 36.8 Å². The van der Waals surface area contributed by atoms with Crippen molar-refractivity contribution in [2.75, 3.05) is 13.1 Å². The standard InChI is InChI=1S/C18H31N3/c1-4-15-9-11-16(12-10-15)17(20-19)18(13-7-8-14-18)21(5-2)6-3/h9-12,17,20H,4-8,13-14,19H2,1-3H3. The molecule has 0 aliphatic heterocycles. The van der Waals surface area contributed by atoms with Crippen LogP contribution < -0.4 is 11.3 Å². The molecule has 1 aromatic rings. The minimum Gasteiger partial charge on any atom is -0.296 e. The maximum absolute atomic E-state index is 6.01. The summed E-state index contributed by atoms with van der Waals surface area (Å²) in [6, 6.07) is 9.21. The van der Waals surface area contributed by atoms with Gasteiger partial charge in [0, 0.05) is 5.54 Å². The van der Waals surface area contributed by atoms with Crippen LogP contribution in [0.1, 0.15) is 63.6 Å². The summed E-state index contributed by atoms with van der Waals surface area (Å²) in [4.78, 5) is 2.61. The number of hydrogen-bond acceptors (Lipinski definition) is 3. The summed E-state index contributed by atoms with van der Waals surface area (Å²) in [6.07, 6.45) is 6.17. The normalized spacial score (nSPS) is 19.1. The van der Waals surface area contributed by atoms with Crippen LogP contribution in [0.25, 0.3) is 0 Å². The second-order valence-corrected chi connectivity index (χ2v) is 6.18. The molecule has 0 amide bonds. The molecule has 0 bridgehead atoms. The topological polar surface area (TPSA) is 41.3 Å². The average Bonchev–Trinajstić information content (AvgIpc) is 3.00. The van der Waals surface area contributed by atoms with Crippen LogP contribution in [0.15, 0.2) is 24.3 Å². The van der Waals surface area contributed by atoms with E-state index in [-0.39, 0.29) is 11.6 Å². The van der Waals surface area contributed by atoms with Gasteiger partial charge >= 0.3 is 0 Å². The van der Waals surface area contributed by atoms with E-state index in [9.17, 15) is 0 Å². The van der Waals surface area contributed by atoms with Crippen molar-refractivity contribution in [3.8, 4) is 0 Å². The summed E-state index contributed by atoms with van der Waals surface area (Å²) < 4.78 is 0. The van der Waals surface area contributed by atoms with Gasteiger partial charge in [0.1, 0.15) is 0 Å². The third-order valence-corrected chi connectivity index (χ3v) is 5.29. The Bertz CT molecular complexity index is 417. The van der Waals surface area contributed by atoms with E-state index in [0.29, 0.717) is 0 Å². The Morgan fingerprint density at radius 1 is 1.10 bits per heavy atom. The predicted molar refractivity (Wildman–Crippen MR) is 90.0 cm³/mol. The molecular formula is C18H31N3. The first-order valence-corrected chi connectivity index (χ1v) is 8.51. The molecule has 3 N–H and O–H groups in total. The largest absolute Gasteiger partial charge is 0.296 e. The number of nitrogens with zero attached hydrogens (tertiary/aromatic N) is 1. The summed E-state index contributed by atoms with van der Waals surface area (Å²) >= 11 is 0. The molecule has 1 aromatic carbocycles. The van der Waals surface area contributed by atoms with E-state index in [2.05, 4.69) is 55.4 Å². The smallest absolute Gasteiger partial charge is 0.0643 e. The lowest BCUT2D eigenvalue weighted by molar-refractivity contribution is 0.0626. The molecule has 0 aromatic heterocycles. The SMILES string of the molecule is CCc1ccc(C(NN)C2(N(CC)CC)CCCC2)cc1. The molecule has 118 valence electrons. The van der Waals surface area contributed by atoms with Crippen LogP contribution in [0.5, 0.6) is 0 Å². The number of hydrogen-bond donors (Lipinski definition) is 2. The van der Waals surface area contributed by atoms with Gasteiger partial charge in [-0.2, -0.15) is 0 Å². The molecule has 1 fully saturated rings. The molecular weight excluding hydrogens is 258 g/mol. The van der Waals surface area contributed by atoms with E-state index in [0.717, 1.165) is 19.5 Å². The third kappa shape index (κ3) is 3.15. The first-order valence-electron chi connectivity index (χ1n) is 8.51. The zero-order valence-corrected chi connectivity index (χ0v) is 13.9. The molecule has 3 nitrogen and oxygen atoms in total. The highest BCUT2D eigenvalue weighted by Gasteiger charge is 2.45. The van der Waals surface area contributed by atoms with Crippen LogP contribution in [0.4, 0.5) is 0 Å². The number of nitrogens with two attached hydrogens (primary N) is 1. The van der Waals surface area contributed by atoms with Crippen LogP contribution in [0.2, 0.25) is 0 Å². The molecule has 1 saturated carbocycles. The van der Waals surface area contributed by atoms with Gasteiger partial charge in [-0.05, 0) is 43.5 Å². The fourth-order valence-electron chi connectivity index (χ4n) is 4.14. The number of aryl methyl sites for hydroxylation is 1. The Balaban J connectivity index is 2.35. The number of likely N-dealkylation sites (N-methyl/N-ethyl adjacent to an activating group) is 1. The minimum atomic E-state index is 0.173. The van der Waals surface area contributed by atoms with Crippen LogP contribution in [0.3, 0.4) is 0 Å². The van der Waals surface area contributed by atoms with Gasteiger partial charge in [0.2, 0.25) is 0 Å². The van der Waals surface area contributed by atoms with E-state index in [1.54, 1.807) is 0 Å². The molecule has 1 aliphatic carbocycles. The van der Waals surface area contributed by atoms with E-state index >= 15 is 0 Å². The molecule has 21 heavy (non-hydrogen) atoms. The zero-order chi connectivity index (χ0) is 15.3. The van der Waals surface area contributed by atoms with Crippen LogP contribution in [-0.4, -0.2) is 23.5 Å². The Morgan fingerprint density at radius 3 is 2.10 bits per heavy atom. The summed E-state index contributed by atoms with van der Waals surface area (Å²) in [5.74, 6) is 6.01. The number of nitrogens with one attached hydrogen (secondary N) is 1. The summed E-state index contributed by atoms with van der Waals surface area (Å²) in [7, 11) is 0. The highest BCUT2D eigenvalue weighted by Crippen LogP contribution is 2.44. The van der Waals surface area contributed by atoms with Crippen LogP contribution in [-0.2, 0) is 6.42 Å². The van der Waals surface area contributed by atoms with Gasteiger partial charge < -0.3 is 0 Å². The van der Waals surface area contributed by atoms with E-state index in [4.69, 9.17) is 5.84 Å². The Labute approximate surface area is 129 Å². The maximum atomic E-state index is 6.01. The first kappa shape index (κ1) is 16.5. The molecule has 1 aliphatic rings. The second-order valence-electron chi connectivity index (χ2n) is 6.18. The van der Waals surface area contributed by atoms with Gasteiger partial charge in [-0.25, -0.2) is 0 Å². The molecule has 0 radical (unpaired) electrons. The monoisotopic (exact) mass is 289 g/mol. The number of benzene rings is 1. The quantitative estimate of drug-likeness (QED) is 0.597. The van der Waals surface area contributed by atoms with E-state index in [1.807, 2.05) is 0 Å². The van der Waals surface area contributed by atoms with Gasteiger partial charge in [0.05, 0.1) is 6.04 Å². The third-order valence-electron chi connectivity index (χ3n) is 5.29. The second kappa shape index (κ2) is 7.39. The molecule has 0 spiro atoms. The number of hydrazine groups is 1. The fourth-order valence-corrected chi connectivity index (χ4v) is 4.14. The lowest BCUT2D eigenvalue weighted by Gasteiger charge is -2.46. The van der Waals surface area contributed by atoms with Crippen molar-refractivity contribution in [2.24, 2.45) is 5.84 Å². The fraction of sp³-hybridized carbons (Fsp3) is 0.667. The Hall–Kier alpha value is -0.900. The molecule has 0 saturated heterocycles. The highest BCUT2D eigenvalue weighted by molar-refractivity contribution is 5.28. The first-order chi connectivity index (χ1) is 10.2. The van der Waals surface area contributed by atoms with Gasteiger partial charge in [0.25, 0.3) is 0 Å². The van der Waals surface area contributed by atoms with Crippen molar-refractivity contribution in [2.45, 2.75) is 64.5 Å². The van der Waals surface area contributed by atoms with Crippen molar-refractivity contribution in [3.63, 3.8) is 0 Å². The molecule has 1 unspecified atom stereocenters. The molecule has 1 atom stereocenters. The van der Waals surface area contributed by atoms with Crippen molar-refractivity contribution in [1.29, 1.82) is 0 Å². The maximum Gasteiger partial charge on any atom is 0.0643 e. The molecule has 0 heterocycles. The molecule has 2 rings (SSSR count). The lowest BCUT2D eigenvalue weighted by Crippen LogP contribution is -2.56. The summed E-state index contributed by atoms with van der Waals surface area (Å²) in [5, 5.41) is 0. The van der Waals surface area contributed by atoms with Crippen molar-refractivity contribution >= 4 is 0 Å².